The molecule has 3 rings (SSSR count). The van der Waals surface area contributed by atoms with Gasteiger partial charge in [-0.05, 0) is 28.6 Å². The van der Waals surface area contributed by atoms with Crippen molar-refractivity contribution >= 4 is 28.0 Å². The number of thiophene rings is 1. The molecular weight excluding hydrogens is 234 g/mol. The van der Waals surface area contributed by atoms with Gasteiger partial charge in [0.15, 0.2) is 0 Å². The van der Waals surface area contributed by atoms with Crippen LogP contribution >= 0.6 is 11.3 Å². The first-order valence-electron chi connectivity index (χ1n) is 5.33. The molecule has 4 heteroatoms. The maximum atomic E-state index is 11.7. The summed E-state index contributed by atoms with van der Waals surface area (Å²) < 4.78 is 4.80. The maximum Gasteiger partial charge on any atom is 0.339 e. The highest BCUT2D eigenvalue weighted by molar-refractivity contribution is 7.14. The number of rotatable bonds is 1. The summed E-state index contributed by atoms with van der Waals surface area (Å²) in [5.74, 6) is -0.297. The predicted octanol–water partition coefficient (Wildman–Crippen LogP) is 3.18. The van der Waals surface area contributed by atoms with Crippen LogP contribution in [0.2, 0.25) is 0 Å². The summed E-state index contributed by atoms with van der Waals surface area (Å²) in [5, 5.41) is 6.50. The van der Waals surface area contributed by atoms with Gasteiger partial charge in [-0.1, -0.05) is 12.1 Å². The molecule has 0 amide bonds. The van der Waals surface area contributed by atoms with Gasteiger partial charge in [0.25, 0.3) is 0 Å². The Morgan fingerprint density at radius 2 is 2.24 bits per heavy atom. The van der Waals surface area contributed by atoms with E-state index in [0.717, 1.165) is 22.7 Å². The molecule has 0 unspecified atom stereocenters. The van der Waals surface area contributed by atoms with Crippen LogP contribution in [-0.2, 0) is 11.2 Å². The minimum Gasteiger partial charge on any atom is -0.465 e. The van der Waals surface area contributed by atoms with Crippen molar-refractivity contribution in [2.75, 3.05) is 12.4 Å². The number of esters is 1. The smallest absolute Gasteiger partial charge is 0.339 e. The molecule has 1 aliphatic heterocycles. The molecule has 86 valence electrons. The molecule has 2 aromatic rings. The molecule has 0 saturated carbocycles. The van der Waals surface area contributed by atoms with Gasteiger partial charge in [0.05, 0.1) is 23.4 Å². The van der Waals surface area contributed by atoms with Gasteiger partial charge < -0.3 is 10.1 Å². The number of fused-ring (bicyclic) bond motifs is 2. The van der Waals surface area contributed by atoms with Crippen molar-refractivity contribution in [3.05, 3.63) is 46.3 Å². The number of hydrogen-bond acceptors (Lipinski definition) is 4. The molecule has 2 heterocycles. The number of ether oxygens (including phenoxy) is 1. The Bertz CT molecular complexity index is 589. The molecule has 3 nitrogen and oxygen atoms in total. The highest BCUT2D eigenvalue weighted by Crippen LogP contribution is 2.38. The first-order chi connectivity index (χ1) is 8.29. The van der Waals surface area contributed by atoms with Gasteiger partial charge in [-0.3, -0.25) is 0 Å². The molecular formula is C13H11NO2S. The van der Waals surface area contributed by atoms with E-state index in [2.05, 4.69) is 16.8 Å². The summed E-state index contributed by atoms with van der Waals surface area (Å²) in [7, 11) is 1.40. The molecule has 1 aromatic carbocycles. The Labute approximate surface area is 103 Å². The van der Waals surface area contributed by atoms with Gasteiger partial charge in [-0.2, -0.15) is 0 Å². The van der Waals surface area contributed by atoms with Crippen molar-refractivity contribution in [1.82, 2.24) is 0 Å². The van der Waals surface area contributed by atoms with Gasteiger partial charge in [0.1, 0.15) is 0 Å². The molecule has 0 atom stereocenters. The first kappa shape index (κ1) is 10.4. The fourth-order valence-electron chi connectivity index (χ4n) is 2.08. The third-order valence-corrected chi connectivity index (χ3v) is 3.79. The van der Waals surface area contributed by atoms with Crippen LogP contribution in [0.1, 0.15) is 21.5 Å². The largest absolute Gasteiger partial charge is 0.465 e. The van der Waals surface area contributed by atoms with Gasteiger partial charge >= 0.3 is 5.97 Å². The second-order valence-corrected chi connectivity index (χ2v) is 4.82. The first-order valence-corrected chi connectivity index (χ1v) is 6.21. The summed E-state index contributed by atoms with van der Waals surface area (Å²) in [6.45, 7) is 0. The van der Waals surface area contributed by atoms with E-state index in [9.17, 15) is 4.79 Å². The van der Waals surface area contributed by atoms with Crippen LogP contribution in [0.4, 0.5) is 10.7 Å². The normalized spacial score (nSPS) is 12.3. The summed E-state index contributed by atoms with van der Waals surface area (Å²) in [5.41, 5.74) is 3.90. The van der Waals surface area contributed by atoms with Crippen molar-refractivity contribution in [3.8, 4) is 0 Å². The van der Waals surface area contributed by atoms with E-state index in [0.29, 0.717) is 5.56 Å². The fourth-order valence-corrected chi connectivity index (χ4v) is 2.90. The molecule has 0 bridgehead atoms. The van der Waals surface area contributed by atoms with E-state index >= 15 is 0 Å². The monoisotopic (exact) mass is 245 g/mol. The predicted molar refractivity (Wildman–Crippen MR) is 68.2 cm³/mol. The highest BCUT2D eigenvalue weighted by atomic mass is 32.1. The summed E-state index contributed by atoms with van der Waals surface area (Å²) in [6, 6.07) is 7.83. The third-order valence-electron chi connectivity index (χ3n) is 2.92. The number of carbonyl (C=O) groups excluding carboxylic acids is 1. The molecule has 0 saturated heterocycles. The number of para-hydroxylation sites is 1. The molecule has 0 fully saturated rings. The zero-order valence-electron chi connectivity index (χ0n) is 9.32. The fraction of sp³-hybridized carbons (Fsp3) is 0.154. The van der Waals surface area contributed by atoms with E-state index < -0.39 is 0 Å². The average Bonchev–Trinajstić information content (AvgIpc) is 2.81. The Hall–Kier alpha value is -1.81. The van der Waals surface area contributed by atoms with Gasteiger partial charge in [0.2, 0.25) is 0 Å². The van der Waals surface area contributed by atoms with E-state index in [-0.39, 0.29) is 5.97 Å². The molecule has 0 radical (unpaired) electrons. The molecule has 1 N–H and O–H groups in total. The van der Waals surface area contributed by atoms with Crippen LogP contribution < -0.4 is 5.32 Å². The number of methoxy groups -OCH3 is 1. The number of hydrogen-bond donors (Lipinski definition) is 1. The van der Waals surface area contributed by atoms with Crippen molar-refractivity contribution in [1.29, 1.82) is 0 Å². The highest BCUT2D eigenvalue weighted by Gasteiger charge is 2.21. The molecule has 0 aliphatic carbocycles. The topological polar surface area (TPSA) is 38.3 Å². The van der Waals surface area contributed by atoms with Crippen molar-refractivity contribution < 1.29 is 9.53 Å². The van der Waals surface area contributed by atoms with Crippen molar-refractivity contribution in [3.63, 3.8) is 0 Å². The zero-order valence-corrected chi connectivity index (χ0v) is 10.1. The van der Waals surface area contributed by atoms with E-state index in [4.69, 9.17) is 4.74 Å². The van der Waals surface area contributed by atoms with Crippen LogP contribution in [-0.4, -0.2) is 13.1 Å². The molecule has 1 aliphatic rings. The number of nitrogens with one attached hydrogen (secondary N) is 1. The van der Waals surface area contributed by atoms with Crippen LogP contribution in [0.3, 0.4) is 0 Å². The lowest BCUT2D eigenvalue weighted by Crippen LogP contribution is -2.11. The van der Waals surface area contributed by atoms with E-state index in [1.807, 2.05) is 12.1 Å². The van der Waals surface area contributed by atoms with Gasteiger partial charge in [0, 0.05) is 6.42 Å². The van der Waals surface area contributed by atoms with Crippen molar-refractivity contribution in [2.45, 2.75) is 6.42 Å². The average molecular weight is 245 g/mol. The minimum absolute atomic E-state index is 0.297. The Kier molecular flexibility index (Phi) is 2.37. The van der Waals surface area contributed by atoms with Crippen LogP contribution in [0.5, 0.6) is 0 Å². The number of benzene rings is 1. The SMILES string of the molecule is COC(=O)c1cccc2c1Nc1sccc1C2. The maximum absolute atomic E-state index is 11.7. The number of carbonyl (C=O) groups is 1. The third kappa shape index (κ3) is 1.61. The van der Waals surface area contributed by atoms with Crippen LogP contribution in [0.25, 0.3) is 0 Å². The lowest BCUT2D eigenvalue weighted by molar-refractivity contribution is 0.0602. The molecule has 1 aromatic heterocycles. The Balaban J connectivity index is 2.10. The second kappa shape index (κ2) is 3.89. The van der Waals surface area contributed by atoms with Gasteiger partial charge in [-0.15, -0.1) is 11.3 Å². The lowest BCUT2D eigenvalue weighted by Gasteiger charge is -2.20. The Morgan fingerprint density at radius 3 is 3.06 bits per heavy atom. The summed E-state index contributed by atoms with van der Waals surface area (Å²) in [4.78, 5) is 11.7. The Morgan fingerprint density at radius 1 is 1.35 bits per heavy atom. The van der Waals surface area contributed by atoms with Crippen molar-refractivity contribution in [2.24, 2.45) is 0 Å². The van der Waals surface area contributed by atoms with E-state index in [1.165, 1.54) is 12.7 Å². The van der Waals surface area contributed by atoms with Gasteiger partial charge in [-0.25, -0.2) is 4.79 Å². The quantitative estimate of drug-likeness (QED) is 0.669. The van der Waals surface area contributed by atoms with Crippen LogP contribution in [0, 0.1) is 0 Å². The minimum atomic E-state index is -0.297. The standard InChI is InChI=1S/C13H11NO2S/c1-16-13(15)10-4-2-3-8-7-9-5-6-17-12(9)14-11(8)10/h2-6,14H,7H2,1H3. The zero-order chi connectivity index (χ0) is 11.8. The van der Waals surface area contributed by atoms with E-state index in [1.54, 1.807) is 17.4 Å². The van der Waals surface area contributed by atoms with Crippen LogP contribution in [0.15, 0.2) is 29.6 Å². The lowest BCUT2D eigenvalue weighted by atomic mass is 9.98. The second-order valence-electron chi connectivity index (χ2n) is 3.91. The summed E-state index contributed by atoms with van der Waals surface area (Å²) in [6.07, 6.45) is 0.867. The number of anilines is 2. The molecule has 0 spiro atoms. The summed E-state index contributed by atoms with van der Waals surface area (Å²) >= 11 is 1.65. The molecule has 17 heavy (non-hydrogen) atoms.